The van der Waals surface area contributed by atoms with E-state index in [4.69, 9.17) is 10.5 Å². The summed E-state index contributed by atoms with van der Waals surface area (Å²) in [5.74, 6) is 0.125. The van der Waals surface area contributed by atoms with E-state index in [-0.39, 0.29) is 16.6 Å². The van der Waals surface area contributed by atoms with Gasteiger partial charge in [-0.3, -0.25) is 5.10 Å². The summed E-state index contributed by atoms with van der Waals surface area (Å²) in [5.41, 5.74) is 5.43. The van der Waals surface area contributed by atoms with Gasteiger partial charge in [0, 0.05) is 20.3 Å². The van der Waals surface area contributed by atoms with Crippen molar-refractivity contribution >= 4 is 15.8 Å². The quantitative estimate of drug-likeness (QED) is 0.631. The predicted molar refractivity (Wildman–Crippen MR) is 59.2 cm³/mol. The van der Waals surface area contributed by atoms with E-state index < -0.39 is 10.0 Å². The van der Waals surface area contributed by atoms with Crippen molar-refractivity contribution in [3.8, 4) is 0 Å². The number of nitrogen functional groups attached to an aromatic ring is 1. The monoisotopic (exact) mass is 248 g/mol. The first kappa shape index (κ1) is 12.9. The Morgan fingerprint density at radius 3 is 2.88 bits per heavy atom. The number of H-pyrrole nitrogens is 1. The van der Waals surface area contributed by atoms with Crippen LogP contribution in [0.15, 0.2) is 11.1 Å². The molecule has 4 N–H and O–H groups in total. The standard InChI is InChI=1S/C8H16N4O3S/c1-6(5-15-2)3-11-16(13,14)7-4-10-12-8(7)9/h4,6,11H,3,5H2,1-2H3,(H3,9,10,12). The first-order valence-electron chi connectivity index (χ1n) is 4.75. The fourth-order valence-corrected chi connectivity index (χ4v) is 2.36. The number of ether oxygens (including phenoxy) is 1. The van der Waals surface area contributed by atoms with E-state index in [1.165, 1.54) is 6.20 Å². The average Bonchev–Trinajstić information content (AvgIpc) is 2.63. The zero-order chi connectivity index (χ0) is 12.2. The summed E-state index contributed by atoms with van der Waals surface area (Å²) in [4.78, 5) is -0.0304. The Morgan fingerprint density at radius 1 is 1.69 bits per heavy atom. The molecule has 1 unspecified atom stereocenters. The molecule has 1 aromatic rings. The third-order valence-electron chi connectivity index (χ3n) is 1.99. The Labute approximate surface area is 94.4 Å². The molecule has 0 aliphatic heterocycles. The summed E-state index contributed by atoms with van der Waals surface area (Å²) < 4.78 is 30.8. The van der Waals surface area contributed by atoms with Crippen LogP contribution in [0.2, 0.25) is 0 Å². The van der Waals surface area contributed by atoms with Crippen molar-refractivity contribution in [1.29, 1.82) is 0 Å². The molecule has 1 aromatic heterocycles. The molecule has 0 bridgehead atoms. The van der Waals surface area contributed by atoms with Crippen LogP contribution in [0.3, 0.4) is 0 Å². The maximum atomic E-state index is 11.7. The van der Waals surface area contributed by atoms with E-state index in [1.807, 2.05) is 6.92 Å². The third kappa shape index (κ3) is 3.19. The fourth-order valence-electron chi connectivity index (χ4n) is 1.17. The number of rotatable bonds is 6. The summed E-state index contributed by atoms with van der Waals surface area (Å²) in [7, 11) is -2.02. The highest BCUT2D eigenvalue weighted by Crippen LogP contribution is 2.13. The van der Waals surface area contributed by atoms with Gasteiger partial charge < -0.3 is 10.5 Å². The number of aromatic nitrogens is 2. The van der Waals surface area contributed by atoms with Crippen LogP contribution in [-0.4, -0.2) is 38.9 Å². The summed E-state index contributed by atoms with van der Waals surface area (Å²) in [5, 5.41) is 5.93. The molecule has 0 aliphatic carbocycles. The van der Waals surface area contributed by atoms with Crippen LogP contribution in [-0.2, 0) is 14.8 Å². The van der Waals surface area contributed by atoms with Crippen LogP contribution >= 0.6 is 0 Å². The zero-order valence-electron chi connectivity index (χ0n) is 9.23. The SMILES string of the molecule is COCC(C)CNS(=O)(=O)c1cn[nH]c1N. The number of aromatic amines is 1. The molecular formula is C8H16N4O3S. The Hall–Kier alpha value is -1.12. The molecule has 0 aliphatic rings. The minimum atomic E-state index is -3.59. The smallest absolute Gasteiger partial charge is 0.245 e. The van der Waals surface area contributed by atoms with E-state index >= 15 is 0 Å². The van der Waals surface area contributed by atoms with Gasteiger partial charge in [0.1, 0.15) is 10.7 Å². The van der Waals surface area contributed by atoms with E-state index in [9.17, 15) is 8.42 Å². The number of hydrogen-bond donors (Lipinski definition) is 3. The molecule has 0 radical (unpaired) electrons. The molecule has 92 valence electrons. The number of nitrogens with two attached hydrogens (primary N) is 1. The van der Waals surface area contributed by atoms with E-state index in [2.05, 4.69) is 14.9 Å². The first-order chi connectivity index (χ1) is 7.47. The molecule has 8 heteroatoms. The lowest BCUT2D eigenvalue weighted by molar-refractivity contribution is 0.161. The van der Waals surface area contributed by atoms with Gasteiger partial charge in [-0.2, -0.15) is 5.10 Å². The van der Waals surface area contributed by atoms with Gasteiger partial charge in [0.25, 0.3) is 0 Å². The topological polar surface area (TPSA) is 110 Å². The summed E-state index contributed by atoms with van der Waals surface area (Å²) in [6.45, 7) is 2.66. The third-order valence-corrected chi connectivity index (χ3v) is 3.45. The molecule has 16 heavy (non-hydrogen) atoms. The van der Waals surface area contributed by atoms with Crippen LogP contribution in [0.25, 0.3) is 0 Å². The number of nitrogens with one attached hydrogen (secondary N) is 2. The van der Waals surface area contributed by atoms with Crippen LogP contribution in [0.4, 0.5) is 5.82 Å². The summed E-state index contributed by atoms with van der Waals surface area (Å²) in [6, 6.07) is 0. The van der Waals surface area contributed by atoms with Crippen molar-refractivity contribution in [2.24, 2.45) is 5.92 Å². The number of methoxy groups -OCH3 is 1. The van der Waals surface area contributed by atoms with Crippen molar-refractivity contribution < 1.29 is 13.2 Å². The highest BCUT2D eigenvalue weighted by molar-refractivity contribution is 7.89. The molecule has 0 aromatic carbocycles. The second kappa shape index (κ2) is 5.28. The Kier molecular flexibility index (Phi) is 4.27. The van der Waals surface area contributed by atoms with Crippen LogP contribution < -0.4 is 10.5 Å². The highest BCUT2D eigenvalue weighted by Gasteiger charge is 2.19. The number of nitrogens with zero attached hydrogens (tertiary/aromatic N) is 1. The Bertz CT molecular complexity index is 428. The normalized spacial score (nSPS) is 13.9. The van der Waals surface area contributed by atoms with E-state index in [0.717, 1.165) is 0 Å². The molecule has 0 fully saturated rings. The predicted octanol–water partition coefficient (Wildman–Crippen LogP) is -0.447. The molecular weight excluding hydrogens is 232 g/mol. The maximum absolute atomic E-state index is 11.7. The Morgan fingerprint density at radius 2 is 2.38 bits per heavy atom. The highest BCUT2D eigenvalue weighted by atomic mass is 32.2. The van der Waals surface area contributed by atoms with Gasteiger partial charge >= 0.3 is 0 Å². The van der Waals surface area contributed by atoms with Crippen molar-refractivity contribution in [3.63, 3.8) is 0 Å². The van der Waals surface area contributed by atoms with Gasteiger partial charge in [0.15, 0.2) is 0 Å². The zero-order valence-corrected chi connectivity index (χ0v) is 10.0. The second-order valence-electron chi connectivity index (χ2n) is 3.56. The number of hydrogen-bond acceptors (Lipinski definition) is 5. The van der Waals surface area contributed by atoms with Gasteiger partial charge in [0.05, 0.1) is 6.20 Å². The van der Waals surface area contributed by atoms with Crippen molar-refractivity contribution in [2.75, 3.05) is 26.0 Å². The lowest BCUT2D eigenvalue weighted by Gasteiger charge is -2.11. The number of sulfonamides is 1. The molecule has 0 amide bonds. The largest absolute Gasteiger partial charge is 0.384 e. The van der Waals surface area contributed by atoms with Crippen LogP contribution in [0.1, 0.15) is 6.92 Å². The lowest BCUT2D eigenvalue weighted by Crippen LogP contribution is -2.30. The summed E-state index contributed by atoms with van der Waals surface area (Å²) in [6.07, 6.45) is 1.18. The first-order valence-corrected chi connectivity index (χ1v) is 6.23. The van der Waals surface area contributed by atoms with Gasteiger partial charge in [-0.25, -0.2) is 13.1 Å². The van der Waals surface area contributed by atoms with Crippen molar-refractivity contribution in [3.05, 3.63) is 6.20 Å². The van der Waals surface area contributed by atoms with Gasteiger partial charge in [-0.05, 0) is 5.92 Å². The average molecular weight is 248 g/mol. The molecule has 0 saturated carbocycles. The molecule has 1 rings (SSSR count). The Balaban J connectivity index is 2.63. The minimum Gasteiger partial charge on any atom is -0.384 e. The molecule has 7 nitrogen and oxygen atoms in total. The van der Waals surface area contributed by atoms with Crippen LogP contribution in [0, 0.1) is 5.92 Å². The van der Waals surface area contributed by atoms with E-state index in [1.54, 1.807) is 7.11 Å². The molecule has 1 atom stereocenters. The van der Waals surface area contributed by atoms with Gasteiger partial charge in [-0.15, -0.1) is 0 Å². The maximum Gasteiger partial charge on any atom is 0.245 e. The van der Waals surface area contributed by atoms with Crippen LogP contribution in [0.5, 0.6) is 0 Å². The van der Waals surface area contributed by atoms with Gasteiger partial charge in [0.2, 0.25) is 10.0 Å². The lowest BCUT2D eigenvalue weighted by atomic mass is 10.2. The second-order valence-corrected chi connectivity index (χ2v) is 5.30. The van der Waals surface area contributed by atoms with Crippen molar-refractivity contribution in [2.45, 2.75) is 11.8 Å². The number of anilines is 1. The van der Waals surface area contributed by atoms with Crippen molar-refractivity contribution in [1.82, 2.24) is 14.9 Å². The van der Waals surface area contributed by atoms with Gasteiger partial charge in [-0.1, -0.05) is 6.92 Å². The molecule has 1 heterocycles. The fraction of sp³-hybridized carbons (Fsp3) is 0.625. The molecule has 0 saturated heterocycles. The van der Waals surface area contributed by atoms with E-state index in [0.29, 0.717) is 13.2 Å². The minimum absolute atomic E-state index is 0.0304. The summed E-state index contributed by atoms with van der Waals surface area (Å²) >= 11 is 0. The molecule has 0 spiro atoms.